The number of ether oxygens (including phenoxy) is 4. The van der Waals surface area contributed by atoms with Crippen LogP contribution in [0.4, 0.5) is 4.79 Å². The van der Waals surface area contributed by atoms with Gasteiger partial charge in [-0.25, -0.2) is 9.59 Å². The molecule has 1 amide bonds. The zero-order chi connectivity index (χ0) is 23.4. The number of fused-ring (bicyclic) bond motifs is 1. The average molecular weight is 506 g/mol. The number of halogens is 1. The summed E-state index contributed by atoms with van der Waals surface area (Å²) in [7, 11) is 2.76. The lowest BCUT2D eigenvalue weighted by Gasteiger charge is -2.33. The molecule has 0 spiro atoms. The Hall–Kier alpha value is -3.07. The second kappa shape index (κ2) is 10.0. The molecule has 1 heterocycles. The summed E-state index contributed by atoms with van der Waals surface area (Å²) in [6, 6.07) is 11.1. The number of methoxy groups -OCH3 is 2. The fraction of sp³-hybridized carbons (Fsp3) is 0.348. The summed E-state index contributed by atoms with van der Waals surface area (Å²) in [5.41, 5.74) is 0.877. The molecule has 0 saturated heterocycles. The topological polar surface area (TPSA) is 100 Å². The Labute approximate surface area is 194 Å². The maximum Gasteiger partial charge on any atom is 0.408 e. The Morgan fingerprint density at radius 1 is 1.12 bits per heavy atom. The molecule has 2 aromatic carbocycles. The molecule has 0 bridgehead atoms. The minimum absolute atomic E-state index is 0.251. The Morgan fingerprint density at radius 3 is 2.53 bits per heavy atom. The Bertz CT molecular complexity index is 1020. The molecule has 8 nitrogen and oxygen atoms in total. The van der Waals surface area contributed by atoms with Crippen molar-refractivity contribution >= 4 is 33.8 Å². The minimum Gasteiger partial charge on any atom is -0.497 e. The van der Waals surface area contributed by atoms with E-state index in [1.165, 1.54) is 14.2 Å². The van der Waals surface area contributed by atoms with E-state index in [2.05, 4.69) is 21.2 Å². The normalized spacial score (nSPS) is 18.2. The van der Waals surface area contributed by atoms with Crippen molar-refractivity contribution in [3.63, 3.8) is 0 Å². The molecule has 0 aliphatic carbocycles. The molecule has 2 aromatic rings. The number of benzene rings is 2. The van der Waals surface area contributed by atoms with Crippen LogP contribution >= 0.6 is 15.9 Å². The molecular weight excluding hydrogens is 482 g/mol. The third-order valence-electron chi connectivity index (χ3n) is 5.05. The largest absolute Gasteiger partial charge is 0.497 e. The SMILES string of the molecule is COC(=O)[C@@H](NC(=O)OC1C(=O)c2cc(Br)ccc2O[C@H]1c1cccc(OC)c1)C(C)C. The first-order valence-corrected chi connectivity index (χ1v) is 10.7. The smallest absolute Gasteiger partial charge is 0.408 e. The van der Waals surface area contributed by atoms with Crippen molar-refractivity contribution in [3.05, 3.63) is 58.1 Å². The molecular formula is C23H24BrNO7. The predicted molar refractivity (Wildman–Crippen MR) is 119 cm³/mol. The van der Waals surface area contributed by atoms with Gasteiger partial charge in [-0.15, -0.1) is 0 Å². The van der Waals surface area contributed by atoms with Crippen LogP contribution in [0, 0.1) is 5.92 Å². The van der Waals surface area contributed by atoms with Crippen LogP contribution in [0.15, 0.2) is 46.9 Å². The number of amides is 1. The standard InChI is InChI=1S/C23H24BrNO7/c1-12(2)18(22(27)30-4)25-23(28)32-21-19(26)16-11-14(24)8-9-17(16)31-20(21)13-6-5-7-15(10-13)29-3/h5-12,18,20-21H,1-4H3,(H,25,28)/t18-,20-,21?/m0/s1. The van der Waals surface area contributed by atoms with E-state index in [1.807, 2.05) is 0 Å². The highest BCUT2D eigenvalue weighted by Crippen LogP contribution is 2.38. The van der Waals surface area contributed by atoms with Crippen molar-refractivity contribution in [1.29, 1.82) is 0 Å². The van der Waals surface area contributed by atoms with Crippen molar-refractivity contribution in [1.82, 2.24) is 5.32 Å². The number of nitrogens with one attached hydrogen (secondary N) is 1. The lowest BCUT2D eigenvalue weighted by atomic mass is 9.93. The molecule has 0 fully saturated rings. The maximum absolute atomic E-state index is 13.3. The van der Waals surface area contributed by atoms with Gasteiger partial charge in [0, 0.05) is 10.0 Å². The summed E-state index contributed by atoms with van der Waals surface area (Å²) in [6.07, 6.45) is -3.12. The summed E-state index contributed by atoms with van der Waals surface area (Å²) in [6.45, 7) is 3.51. The van der Waals surface area contributed by atoms with Gasteiger partial charge >= 0.3 is 12.1 Å². The van der Waals surface area contributed by atoms with E-state index in [1.54, 1.807) is 56.3 Å². The highest BCUT2D eigenvalue weighted by Gasteiger charge is 2.42. The number of hydrogen-bond donors (Lipinski definition) is 1. The average Bonchev–Trinajstić information content (AvgIpc) is 2.78. The molecule has 9 heteroatoms. The minimum atomic E-state index is -1.28. The highest BCUT2D eigenvalue weighted by atomic mass is 79.9. The monoisotopic (exact) mass is 505 g/mol. The molecule has 1 unspecified atom stereocenters. The van der Waals surface area contributed by atoms with Gasteiger partial charge in [0.15, 0.2) is 6.10 Å². The zero-order valence-electron chi connectivity index (χ0n) is 18.1. The van der Waals surface area contributed by atoms with Crippen molar-refractivity contribution in [3.8, 4) is 11.5 Å². The highest BCUT2D eigenvalue weighted by molar-refractivity contribution is 9.10. The number of alkyl carbamates (subject to hydrolysis) is 1. The van der Waals surface area contributed by atoms with Gasteiger partial charge in [0.25, 0.3) is 0 Å². The summed E-state index contributed by atoms with van der Waals surface area (Å²) in [4.78, 5) is 38.0. The Balaban J connectivity index is 1.94. The third-order valence-corrected chi connectivity index (χ3v) is 5.54. The van der Waals surface area contributed by atoms with E-state index in [-0.39, 0.29) is 11.5 Å². The summed E-state index contributed by atoms with van der Waals surface area (Å²) < 4.78 is 22.3. The van der Waals surface area contributed by atoms with E-state index in [0.717, 1.165) is 0 Å². The van der Waals surface area contributed by atoms with E-state index >= 15 is 0 Å². The second-order valence-electron chi connectivity index (χ2n) is 7.53. The molecule has 1 N–H and O–H groups in total. The fourth-order valence-electron chi connectivity index (χ4n) is 3.36. The first-order valence-electron chi connectivity index (χ1n) is 9.94. The van der Waals surface area contributed by atoms with Crippen LogP contribution in [0.1, 0.15) is 35.9 Å². The zero-order valence-corrected chi connectivity index (χ0v) is 19.7. The van der Waals surface area contributed by atoms with Gasteiger partial charge in [-0.2, -0.15) is 0 Å². The van der Waals surface area contributed by atoms with Crippen molar-refractivity contribution in [2.75, 3.05) is 14.2 Å². The number of carbonyl (C=O) groups excluding carboxylic acids is 3. The number of esters is 1. The fourth-order valence-corrected chi connectivity index (χ4v) is 3.73. The van der Waals surface area contributed by atoms with Gasteiger partial charge in [-0.1, -0.05) is 41.9 Å². The van der Waals surface area contributed by atoms with Crippen molar-refractivity contribution in [2.24, 2.45) is 5.92 Å². The molecule has 1 aliphatic heterocycles. The number of carbonyl (C=O) groups is 3. The Morgan fingerprint density at radius 2 is 1.88 bits per heavy atom. The number of rotatable bonds is 6. The molecule has 0 aromatic heterocycles. The van der Waals surface area contributed by atoms with E-state index in [9.17, 15) is 14.4 Å². The molecule has 1 aliphatic rings. The molecule has 32 heavy (non-hydrogen) atoms. The molecule has 3 atom stereocenters. The van der Waals surface area contributed by atoms with Gasteiger partial charge in [0.1, 0.15) is 17.5 Å². The van der Waals surface area contributed by atoms with E-state index < -0.39 is 36.1 Å². The van der Waals surface area contributed by atoms with Crippen molar-refractivity contribution < 1.29 is 33.3 Å². The lowest BCUT2D eigenvalue weighted by molar-refractivity contribution is -0.144. The van der Waals surface area contributed by atoms with Crippen LogP contribution in [0.25, 0.3) is 0 Å². The van der Waals surface area contributed by atoms with Gasteiger partial charge in [0.05, 0.1) is 19.8 Å². The third kappa shape index (κ3) is 5.04. The molecule has 3 rings (SSSR count). The Kier molecular flexibility index (Phi) is 7.40. The number of hydrogen-bond acceptors (Lipinski definition) is 7. The first-order chi connectivity index (χ1) is 15.2. The second-order valence-corrected chi connectivity index (χ2v) is 8.45. The quantitative estimate of drug-likeness (QED) is 0.590. The predicted octanol–water partition coefficient (Wildman–Crippen LogP) is 4.07. The lowest BCUT2D eigenvalue weighted by Crippen LogP contribution is -2.48. The molecule has 0 radical (unpaired) electrons. The van der Waals surface area contributed by atoms with Crippen molar-refractivity contribution in [2.45, 2.75) is 32.1 Å². The molecule has 170 valence electrons. The van der Waals surface area contributed by atoms with Crippen LogP contribution in [-0.2, 0) is 14.3 Å². The van der Waals surface area contributed by atoms with Gasteiger partial charge < -0.3 is 24.3 Å². The van der Waals surface area contributed by atoms with Gasteiger partial charge in [-0.3, -0.25) is 4.79 Å². The first kappa shape index (κ1) is 23.6. The number of ketones is 1. The van der Waals surface area contributed by atoms with Gasteiger partial charge in [-0.05, 0) is 36.2 Å². The van der Waals surface area contributed by atoms with Crippen LogP contribution in [0.5, 0.6) is 11.5 Å². The van der Waals surface area contributed by atoms with E-state index in [4.69, 9.17) is 18.9 Å². The van der Waals surface area contributed by atoms with Crippen LogP contribution in [-0.4, -0.2) is 44.2 Å². The maximum atomic E-state index is 13.3. The van der Waals surface area contributed by atoms with Crippen LogP contribution in [0.2, 0.25) is 0 Å². The van der Waals surface area contributed by atoms with Crippen LogP contribution in [0.3, 0.4) is 0 Å². The summed E-state index contributed by atoms with van der Waals surface area (Å²) in [5.74, 6) is -0.342. The summed E-state index contributed by atoms with van der Waals surface area (Å²) >= 11 is 3.34. The number of Topliss-reactive ketones (excluding diaryl/α,β-unsaturated/α-hetero) is 1. The van der Waals surface area contributed by atoms with Crippen LogP contribution < -0.4 is 14.8 Å². The van der Waals surface area contributed by atoms with E-state index in [0.29, 0.717) is 21.5 Å². The van der Waals surface area contributed by atoms with Gasteiger partial charge in [0.2, 0.25) is 11.9 Å². The molecule has 0 saturated carbocycles. The summed E-state index contributed by atoms with van der Waals surface area (Å²) in [5, 5.41) is 2.49.